The van der Waals surface area contributed by atoms with Crippen molar-refractivity contribution in [1.82, 2.24) is 20.6 Å². The number of anilines is 3. The van der Waals surface area contributed by atoms with Crippen LogP contribution in [-0.2, 0) is 11.3 Å². The van der Waals surface area contributed by atoms with Gasteiger partial charge in [0, 0.05) is 36.7 Å². The predicted octanol–water partition coefficient (Wildman–Crippen LogP) is 2.81. The molecule has 162 valence electrons. The van der Waals surface area contributed by atoms with Crippen LogP contribution in [0.25, 0.3) is 11.3 Å². The number of nitrogens with one attached hydrogen (secondary N) is 5. The summed E-state index contributed by atoms with van der Waals surface area (Å²) in [5.74, 6) is -0.0202. The van der Waals surface area contributed by atoms with E-state index in [0.717, 1.165) is 22.6 Å². The van der Waals surface area contributed by atoms with Crippen LogP contribution in [0.4, 0.5) is 17.2 Å². The molecule has 0 atom stereocenters. The van der Waals surface area contributed by atoms with E-state index in [1.807, 2.05) is 36.4 Å². The quantitative estimate of drug-likeness (QED) is 0.291. The number of H-pyrrole nitrogens is 1. The van der Waals surface area contributed by atoms with Crippen LogP contribution in [0, 0.1) is 0 Å². The molecule has 0 fully saturated rings. The smallest absolute Gasteiger partial charge is 0.274 e. The highest BCUT2D eigenvalue weighted by atomic mass is 16.2. The molecule has 1 aliphatic rings. The summed E-state index contributed by atoms with van der Waals surface area (Å²) in [7, 11) is 1.62. The van der Waals surface area contributed by atoms with E-state index in [1.54, 1.807) is 19.3 Å². The first-order valence-corrected chi connectivity index (χ1v) is 10.0. The number of likely N-dealkylation sites (N-methyl/N-ethyl adjacent to an activating group) is 1. The van der Waals surface area contributed by atoms with Gasteiger partial charge in [-0.25, -0.2) is 4.98 Å². The molecular formula is C23H23N7O2. The minimum atomic E-state index is -0.391. The van der Waals surface area contributed by atoms with Crippen molar-refractivity contribution in [3.63, 3.8) is 0 Å². The van der Waals surface area contributed by atoms with Gasteiger partial charge in [-0.15, -0.1) is 0 Å². The molecule has 9 heteroatoms. The third-order valence-electron chi connectivity index (χ3n) is 5.01. The van der Waals surface area contributed by atoms with Gasteiger partial charge in [0.05, 0.1) is 29.7 Å². The topological polar surface area (TPSA) is 123 Å². The average Bonchev–Trinajstić information content (AvgIpc) is 3.18. The van der Waals surface area contributed by atoms with E-state index in [2.05, 4.69) is 42.9 Å². The number of aromatic amines is 1. The van der Waals surface area contributed by atoms with Crippen molar-refractivity contribution in [2.45, 2.75) is 6.54 Å². The Kier molecular flexibility index (Phi) is 6.09. The fourth-order valence-corrected chi connectivity index (χ4v) is 3.55. The number of carbonyl (C=O) groups is 2. The molecular weight excluding hydrogens is 406 g/mol. The minimum absolute atomic E-state index is 0.00971. The highest BCUT2D eigenvalue weighted by Crippen LogP contribution is 2.37. The highest BCUT2D eigenvalue weighted by Gasteiger charge is 2.27. The Labute approximate surface area is 185 Å². The van der Waals surface area contributed by atoms with Crippen LogP contribution in [-0.4, -0.2) is 42.0 Å². The van der Waals surface area contributed by atoms with Crippen molar-refractivity contribution in [3.8, 4) is 11.3 Å². The molecule has 9 nitrogen and oxygen atoms in total. The van der Waals surface area contributed by atoms with E-state index in [-0.39, 0.29) is 18.0 Å². The molecule has 1 amide bonds. The van der Waals surface area contributed by atoms with Gasteiger partial charge in [-0.1, -0.05) is 18.2 Å². The van der Waals surface area contributed by atoms with Crippen molar-refractivity contribution >= 4 is 35.6 Å². The molecule has 1 aliphatic heterocycles. The monoisotopic (exact) mass is 429 g/mol. The number of aliphatic imine (C=N–C) groups is 1. The lowest BCUT2D eigenvalue weighted by molar-refractivity contribution is -0.113. The largest absolute Gasteiger partial charge is 0.382 e. The second-order valence-corrected chi connectivity index (χ2v) is 7.11. The first-order chi connectivity index (χ1) is 15.6. The lowest BCUT2D eigenvalue weighted by Gasteiger charge is -2.14. The maximum atomic E-state index is 12.7. The summed E-state index contributed by atoms with van der Waals surface area (Å²) in [6, 6.07) is 13.2. The van der Waals surface area contributed by atoms with Crippen LogP contribution < -0.4 is 21.3 Å². The van der Waals surface area contributed by atoms with Crippen LogP contribution in [0.2, 0.25) is 0 Å². The van der Waals surface area contributed by atoms with Crippen molar-refractivity contribution in [1.29, 1.82) is 0 Å². The third-order valence-corrected chi connectivity index (χ3v) is 5.01. The Hall–Kier alpha value is -4.24. The van der Waals surface area contributed by atoms with Crippen molar-refractivity contribution < 1.29 is 9.59 Å². The van der Waals surface area contributed by atoms with E-state index in [4.69, 9.17) is 0 Å². The second kappa shape index (κ2) is 9.27. The molecule has 1 aromatic carbocycles. The number of rotatable bonds is 7. The van der Waals surface area contributed by atoms with Gasteiger partial charge >= 0.3 is 0 Å². The van der Waals surface area contributed by atoms with Crippen LogP contribution in [0.15, 0.2) is 65.6 Å². The van der Waals surface area contributed by atoms with Gasteiger partial charge in [0.25, 0.3) is 5.91 Å². The first-order valence-electron chi connectivity index (χ1n) is 10.0. The zero-order valence-electron chi connectivity index (χ0n) is 17.5. The summed E-state index contributed by atoms with van der Waals surface area (Å²) in [6.45, 7) is 4.21. The number of hydrogen-bond acceptors (Lipinski definition) is 7. The van der Waals surface area contributed by atoms with E-state index >= 15 is 0 Å². The SMILES string of the molecule is C=N/C=C(\NC)C(=O)Nc1cc(-c2[nH]c3c(c2Nc2ccccc2)C(=O)CNC3)ccn1. The molecule has 0 saturated carbocycles. The normalized spacial score (nSPS) is 13.3. The summed E-state index contributed by atoms with van der Waals surface area (Å²) < 4.78 is 0. The molecule has 3 aromatic rings. The standard InChI is InChI=1S/C23H23N7O2/c1-24-11-17(25-2)23(32)30-19-10-14(8-9-27-19)21-22(28-15-6-4-3-5-7-15)20-16(29-21)12-26-13-18(20)31/h3-11,25-26,28-29H,1,12-13H2,2H3,(H,27,30,32)/b17-11-. The third kappa shape index (κ3) is 4.28. The van der Waals surface area contributed by atoms with Crippen molar-refractivity contribution in [3.05, 3.63) is 71.8 Å². The number of hydrogen-bond donors (Lipinski definition) is 5. The number of amides is 1. The number of carbonyl (C=O) groups excluding carboxylic acids is 2. The molecule has 0 saturated heterocycles. The molecule has 32 heavy (non-hydrogen) atoms. The van der Waals surface area contributed by atoms with Crippen LogP contribution in [0.3, 0.4) is 0 Å². The summed E-state index contributed by atoms with van der Waals surface area (Å²) in [5, 5.41) is 12.0. The van der Waals surface area contributed by atoms with E-state index in [9.17, 15) is 9.59 Å². The van der Waals surface area contributed by atoms with Gasteiger partial charge in [0.1, 0.15) is 11.5 Å². The molecule has 3 heterocycles. The molecule has 2 aromatic heterocycles. The Bertz CT molecular complexity index is 1200. The number of nitrogens with zero attached hydrogens (tertiary/aromatic N) is 2. The van der Waals surface area contributed by atoms with Gasteiger partial charge in [-0.3, -0.25) is 14.6 Å². The summed E-state index contributed by atoms with van der Waals surface area (Å²) in [5.41, 5.74) is 4.79. The zero-order valence-corrected chi connectivity index (χ0v) is 17.5. The Morgan fingerprint density at radius 3 is 2.78 bits per heavy atom. The molecule has 0 aliphatic carbocycles. The molecule has 4 rings (SSSR count). The van der Waals surface area contributed by atoms with E-state index in [1.165, 1.54) is 6.20 Å². The Morgan fingerprint density at radius 2 is 2.03 bits per heavy atom. The van der Waals surface area contributed by atoms with Gasteiger partial charge in [-0.2, -0.15) is 0 Å². The van der Waals surface area contributed by atoms with E-state index < -0.39 is 5.91 Å². The number of pyridine rings is 1. The molecule has 0 radical (unpaired) electrons. The first kappa shape index (κ1) is 21.0. The van der Waals surface area contributed by atoms with Crippen molar-refractivity contribution in [2.24, 2.45) is 4.99 Å². The molecule has 0 unspecified atom stereocenters. The predicted molar refractivity (Wildman–Crippen MR) is 125 cm³/mol. The van der Waals surface area contributed by atoms with Gasteiger partial charge < -0.3 is 26.3 Å². The number of fused-ring (bicyclic) bond motifs is 1. The number of aromatic nitrogens is 2. The molecule has 0 bridgehead atoms. The lowest BCUT2D eigenvalue weighted by Crippen LogP contribution is -2.29. The van der Waals surface area contributed by atoms with Crippen LogP contribution in [0.1, 0.15) is 16.1 Å². The minimum Gasteiger partial charge on any atom is -0.382 e. The lowest BCUT2D eigenvalue weighted by atomic mass is 10.0. The fourth-order valence-electron chi connectivity index (χ4n) is 3.55. The Balaban J connectivity index is 1.73. The maximum absolute atomic E-state index is 12.7. The number of ketones is 1. The summed E-state index contributed by atoms with van der Waals surface area (Å²) >= 11 is 0. The Morgan fingerprint density at radius 1 is 1.22 bits per heavy atom. The summed E-state index contributed by atoms with van der Waals surface area (Å²) in [6.07, 6.45) is 2.93. The van der Waals surface area contributed by atoms with Gasteiger partial charge in [0.15, 0.2) is 5.78 Å². The van der Waals surface area contributed by atoms with Crippen LogP contribution >= 0.6 is 0 Å². The van der Waals surface area contributed by atoms with Crippen LogP contribution in [0.5, 0.6) is 0 Å². The zero-order chi connectivity index (χ0) is 22.5. The number of para-hydroxylation sites is 1. The number of Topliss-reactive ketones (excluding diaryl/α,β-unsaturated/α-hetero) is 1. The highest BCUT2D eigenvalue weighted by molar-refractivity contribution is 6.08. The molecule has 5 N–H and O–H groups in total. The fraction of sp³-hybridized carbons (Fsp3) is 0.130. The van der Waals surface area contributed by atoms with Crippen molar-refractivity contribution in [2.75, 3.05) is 24.2 Å². The van der Waals surface area contributed by atoms with Gasteiger partial charge in [0.2, 0.25) is 0 Å². The maximum Gasteiger partial charge on any atom is 0.274 e. The van der Waals surface area contributed by atoms with E-state index in [0.29, 0.717) is 23.6 Å². The molecule has 0 spiro atoms. The summed E-state index contributed by atoms with van der Waals surface area (Å²) in [4.78, 5) is 36.4. The van der Waals surface area contributed by atoms with Gasteiger partial charge in [-0.05, 0) is 31.0 Å². The number of benzene rings is 1. The average molecular weight is 429 g/mol. The second-order valence-electron chi connectivity index (χ2n) is 7.11.